The molecule has 26 heavy (non-hydrogen) atoms. The molecule has 2 N–H and O–H groups in total. The predicted octanol–water partition coefficient (Wildman–Crippen LogP) is 4.75. The van der Waals surface area contributed by atoms with Crippen LogP contribution in [0.2, 0.25) is 0 Å². The number of nitrogens with two attached hydrogens (primary N) is 1. The minimum absolute atomic E-state index is 0.0135. The van der Waals surface area contributed by atoms with Crippen molar-refractivity contribution in [1.29, 1.82) is 0 Å². The Morgan fingerprint density at radius 3 is 2.73 bits per heavy atom. The molecule has 3 aromatic rings. The number of thioether (sulfide) groups is 1. The molecule has 0 atom stereocenters. The van der Waals surface area contributed by atoms with E-state index in [4.69, 9.17) is 5.73 Å². The van der Waals surface area contributed by atoms with Crippen LogP contribution in [0.5, 0.6) is 0 Å². The van der Waals surface area contributed by atoms with Gasteiger partial charge in [0.15, 0.2) is 0 Å². The molecular weight excluding hydrogens is 382 g/mol. The third kappa shape index (κ3) is 3.67. The van der Waals surface area contributed by atoms with E-state index in [1.165, 1.54) is 55.2 Å². The number of ketones is 1. The third-order valence-corrected chi connectivity index (χ3v) is 7.96. The van der Waals surface area contributed by atoms with Crippen LogP contribution in [0.15, 0.2) is 34.5 Å². The molecule has 1 saturated heterocycles. The van der Waals surface area contributed by atoms with Crippen molar-refractivity contribution in [3.8, 4) is 0 Å². The predicted molar refractivity (Wildman–Crippen MR) is 113 cm³/mol. The number of hydrogen-bond acceptors (Lipinski definition) is 7. The van der Waals surface area contributed by atoms with Crippen LogP contribution in [0.1, 0.15) is 34.5 Å². The lowest BCUT2D eigenvalue weighted by Gasteiger charge is -2.25. The van der Waals surface area contributed by atoms with Gasteiger partial charge in [-0.05, 0) is 37.5 Å². The van der Waals surface area contributed by atoms with Crippen LogP contribution in [0.3, 0.4) is 0 Å². The summed E-state index contributed by atoms with van der Waals surface area (Å²) in [5, 5.41) is 0.975. The van der Waals surface area contributed by atoms with Crippen LogP contribution in [-0.4, -0.2) is 40.4 Å². The highest BCUT2D eigenvalue weighted by atomic mass is 32.2. The van der Waals surface area contributed by atoms with Crippen molar-refractivity contribution in [2.24, 2.45) is 0 Å². The largest absolute Gasteiger partial charge is 0.397 e. The number of nitrogen functional groups attached to an aromatic ring is 1. The average Bonchev–Trinajstić information content (AvgIpc) is 3.23. The zero-order valence-corrected chi connectivity index (χ0v) is 16.9. The first kappa shape index (κ1) is 18.0. The van der Waals surface area contributed by atoms with Gasteiger partial charge in [0.05, 0.1) is 15.3 Å². The molecule has 0 saturated carbocycles. The highest BCUT2D eigenvalue weighted by Gasteiger charge is 2.22. The second-order valence-corrected chi connectivity index (χ2v) is 9.58. The Bertz CT molecular complexity index is 898. The molecule has 0 radical (unpaired) electrons. The smallest absolute Gasteiger partial charge is 0.205 e. The summed E-state index contributed by atoms with van der Waals surface area (Å²) in [4.78, 5) is 16.8. The number of thiophene rings is 1. The van der Waals surface area contributed by atoms with Gasteiger partial charge in [-0.1, -0.05) is 36.8 Å². The van der Waals surface area contributed by atoms with E-state index in [2.05, 4.69) is 9.27 Å². The van der Waals surface area contributed by atoms with Gasteiger partial charge in [0.1, 0.15) is 9.71 Å². The Hall–Kier alpha value is -1.41. The molecule has 1 aliphatic heterocycles. The van der Waals surface area contributed by atoms with Gasteiger partial charge < -0.3 is 10.6 Å². The summed E-state index contributed by atoms with van der Waals surface area (Å²) in [5.41, 5.74) is 7.63. The molecule has 7 heteroatoms. The van der Waals surface area contributed by atoms with E-state index >= 15 is 0 Å². The monoisotopic (exact) mass is 403 g/mol. The number of benzene rings is 1. The van der Waals surface area contributed by atoms with Gasteiger partial charge in [0.2, 0.25) is 5.78 Å². The van der Waals surface area contributed by atoms with Crippen molar-refractivity contribution >= 4 is 56.3 Å². The molecular formula is C19H21N3OS3. The quantitative estimate of drug-likeness (QED) is 0.475. The molecule has 0 spiro atoms. The summed E-state index contributed by atoms with van der Waals surface area (Å²) in [6.07, 6.45) is 4.00. The van der Waals surface area contributed by atoms with E-state index in [0.717, 1.165) is 26.7 Å². The fourth-order valence-corrected chi connectivity index (χ4v) is 6.59. The number of carbonyl (C=O) groups excluding carboxylic acids is 1. The number of hydrogen-bond donors (Lipinski definition) is 1. The molecule has 0 aliphatic carbocycles. The zero-order valence-electron chi connectivity index (χ0n) is 14.4. The number of likely N-dealkylation sites (tertiary alicyclic amines) is 1. The van der Waals surface area contributed by atoms with Gasteiger partial charge in [-0.3, -0.25) is 4.79 Å². The minimum atomic E-state index is -0.0135. The highest BCUT2D eigenvalue weighted by molar-refractivity contribution is 8.01. The number of anilines is 1. The molecule has 0 bridgehead atoms. The van der Waals surface area contributed by atoms with E-state index < -0.39 is 0 Å². The summed E-state index contributed by atoms with van der Waals surface area (Å²) >= 11 is 4.73. The lowest BCUT2D eigenvalue weighted by Crippen LogP contribution is -2.31. The van der Waals surface area contributed by atoms with E-state index in [1.54, 1.807) is 0 Å². The Labute approximate surface area is 165 Å². The Balaban J connectivity index is 1.50. The van der Waals surface area contributed by atoms with Gasteiger partial charge in [-0.25, -0.2) is 0 Å². The summed E-state index contributed by atoms with van der Waals surface area (Å²) in [7, 11) is 0. The number of aromatic nitrogens is 1. The Morgan fingerprint density at radius 2 is 1.96 bits per heavy atom. The first-order valence-corrected chi connectivity index (χ1v) is 11.4. The maximum Gasteiger partial charge on any atom is 0.205 e. The molecule has 0 unspecified atom stereocenters. The number of rotatable bonds is 6. The third-order valence-electron chi connectivity index (χ3n) is 4.67. The molecule has 2 aromatic heterocycles. The molecule has 4 nitrogen and oxygen atoms in total. The van der Waals surface area contributed by atoms with Gasteiger partial charge in [0.25, 0.3) is 0 Å². The average molecular weight is 404 g/mol. The first-order valence-electron chi connectivity index (χ1n) is 8.86. The summed E-state index contributed by atoms with van der Waals surface area (Å²) in [6.45, 7) is 3.54. The lowest BCUT2D eigenvalue weighted by molar-refractivity contribution is 0.104. The molecule has 0 amide bonds. The summed E-state index contributed by atoms with van der Waals surface area (Å²) < 4.78 is 5.67. The molecule has 136 valence electrons. The van der Waals surface area contributed by atoms with Crippen molar-refractivity contribution < 1.29 is 4.79 Å². The molecule has 1 fully saturated rings. The van der Waals surface area contributed by atoms with E-state index in [1.807, 2.05) is 42.1 Å². The first-order chi connectivity index (χ1) is 12.7. The maximum atomic E-state index is 12.8. The fraction of sp³-hybridized carbons (Fsp3) is 0.368. The minimum Gasteiger partial charge on any atom is -0.397 e. The van der Waals surface area contributed by atoms with Crippen LogP contribution in [0, 0.1) is 0 Å². The topological polar surface area (TPSA) is 59.2 Å². The van der Waals surface area contributed by atoms with Crippen molar-refractivity contribution in [2.45, 2.75) is 23.5 Å². The van der Waals surface area contributed by atoms with Crippen molar-refractivity contribution in [3.63, 3.8) is 0 Å². The Morgan fingerprint density at radius 1 is 1.19 bits per heavy atom. The number of piperidine rings is 1. The number of fused-ring (bicyclic) bond motifs is 1. The van der Waals surface area contributed by atoms with E-state index in [0.29, 0.717) is 16.1 Å². The summed E-state index contributed by atoms with van der Waals surface area (Å²) in [5.74, 6) is 1.02. The fourth-order valence-electron chi connectivity index (χ4n) is 3.26. The van der Waals surface area contributed by atoms with E-state index in [9.17, 15) is 4.79 Å². The lowest BCUT2D eigenvalue weighted by atomic mass is 10.1. The van der Waals surface area contributed by atoms with Gasteiger partial charge >= 0.3 is 0 Å². The number of nitrogens with zero attached hydrogens (tertiary/aromatic N) is 2. The zero-order chi connectivity index (χ0) is 17.9. The van der Waals surface area contributed by atoms with Gasteiger partial charge in [0, 0.05) is 17.9 Å². The van der Waals surface area contributed by atoms with Crippen LogP contribution >= 0.6 is 34.6 Å². The van der Waals surface area contributed by atoms with Gasteiger partial charge in [-0.2, -0.15) is 4.37 Å². The molecule has 3 heterocycles. The Kier molecular flexibility index (Phi) is 5.59. The second kappa shape index (κ2) is 8.08. The van der Waals surface area contributed by atoms with Crippen molar-refractivity contribution in [2.75, 3.05) is 31.1 Å². The standard InChI is InChI=1S/C19H21N3OS3/c20-15-14-18(25-17(15)16(23)13-7-3-1-4-8-13)21-26-19(14)24-12-11-22-9-5-2-6-10-22/h1,3-4,7-8H,2,5-6,9-12,20H2. The van der Waals surface area contributed by atoms with Crippen molar-refractivity contribution in [1.82, 2.24) is 9.27 Å². The van der Waals surface area contributed by atoms with Crippen LogP contribution < -0.4 is 5.73 Å². The van der Waals surface area contributed by atoms with Crippen molar-refractivity contribution in [3.05, 3.63) is 40.8 Å². The summed E-state index contributed by atoms with van der Waals surface area (Å²) in [6, 6.07) is 9.32. The van der Waals surface area contributed by atoms with Crippen LogP contribution in [-0.2, 0) is 0 Å². The van der Waals surface area contributed by atoms with Gasteiger partial charge in [-0.15, -0.1) is 23.1 Å². The van der Waals surface area contributed by atoms with E-state index in [-0.39, 0.29) is 5.78 Å². The maximum absolute atomic E-state index is 12.8. The van der Waals surface area contributed by atoms with Crippen LogP contribution in [0.4, 0.5) is 5.69 Å². The number of carbonyl (C=O) groups is 1. The molecule has 4 rings (SSSR count). The second-order valence-electron chi connectivity index (χ2n) is 6.44. The SMILES string of the molecule is Nc1c(C(=O)c2ccccc2)sc2nsc(SCCN3CCCCC3)c12. The normalized spacial score (nSPS) is 15.5. The molecule has 1 aromatic carbocycles. The van der Waals surface area contributed by atoms with Crippen LogP contribution in [0.25, 0.3) is 10.2 Å². The molecule has 1 aliphatic rings. The highest BCUT2D eigenvalue weighted by Crippen LogP contribution is 2.42.